The molecule has 0 saturated carbocycles. The van der Waals surface area contributed by atoms with E-state index in [0.29, 0.717) is 19.0 Å². The monoisotopic (exact) mass is 319 g/mol. The molecular formula is C19H21N5. The lowest BCUT2D eigenvalue weighted by molar-refractivity contribution is 0.928. The zero-order valence-electron chi connectivity index (χ0n) is 13.5. The molecule has 1 heterocycles. The number of nitrogens with two attached hydrogens (primary N) is 1. The zero-order chi connectivity index (χ0) is 16.6. The van der Waals surface area contributed by atoms with Crippen molar-refractivity contribution in [3.8, 4) is 0 Å². The van der Waals surface area contributed by atoms with Crippen molar-refractivity contribution in [2.24, 2.45) is 5.73 Å². The van der Waals surface area contributed by atoms with E-state index in [9.17, 15) is 0 Å². The van der Waals surface area contributed by atoms with E-state index in [1.54, 1.807) is 6.20 Å². The van der Waals surface area contributed by atoms with Crippen LogP contribution in [0, 0.1) is 0 Å². The molecule has 5 heteroatoms. The van der Waals surface area contributed by atoms with Crippen LogP contribution in [0.2, 0.25) is 0 Å². The minimum atomic E-state index is 0.542. The first kappa shape index (κ1) is 16.0. The Morgan fingerprint density at radius 1 is 0.917 bits per heavy atom. The van der Waals surface area contributed by atoms with Crippen molar-refractivity contribution in [2.45, 2.75) is 6.54 Å². The van der Waals surface area contributed by atoms with Crippen molar-refractivity contribution in [1.82, 2.24) is 9.97 Å². The first-order chi connectivity index (χ1) is 11.9. The summed E-state index contributed by atoms with van der Waals surface area (Å²) in [5.41, 5.74) is 7.85. The van der Waals surface area contributed by atoms with E-state index < -0.39 is 0 Å². The second-order valence-corrected chi connectivity index (χ2v) is 5.36. The van der Waals surface area contributed by atoms with Gasteiger partial charge in [-0.2, -0.15) is 4.98 Å². The number of nitrogens with zero attached hydrogens (tertiary/aromatic N) is 3. The quantitative estimate of drug-likeness (QED) is 0.700. The van der Waals surface area contributed by atoms with Crippen LogP contribution in [0.25, 0.3) is 0 Å². The lowest BCUT2D eigenvalue weighted by Gasteiger charge is -2.24. The average molecular weight is 319 g/mol. The highest BCUT2D eigenvalue weighted by Crippen LogP contribution is 2.26. The van der Waals surface area contributed by atoms with Gasteiger partial charge in [-0.25, -0.2) is 4.98 Å². The van der Waals surface area contributed by atoms with Crippen molar-refractivity contribution < 1.29 is 0 Å². The second-order valence-electron chi connectivity index (χ2n) is 5.36. The Labute approximate surface area is 142 Å². The van der Waals surface area contributed by atoms with Crippen molar-refractivity contribution in [1.29, 1.82) is 0 Å². The maximum absolute atomic E-state index is 5.54. The molecule has 0 unspecified atom stereocenters. The third-order valence-corrected chi connectivity index (χ3v) is 3.60. The summed E-state index contributed by atoms with van der Waals surface area (Å²) >= 11 is 0. The maximum Gasteiger partial charge on any atom is 0.224 e. The smallest absolute Gasteiger partial charge is 0.224 e. The van der Waals surface area contributed by atoms with Crippen LogP contribution in [0.1, 0.15) is 5.56 Å². The predicted octanol–water partition coefficient (Wildman–Crippen LogP) is 3.19. The van der Waals surface area contributed by atoms with Gasteiger partial charge in [-0.1, -0.05) is 48.5 Å². The number of benzene rings is 2. The molecule has 24 heavy (non-hydrogen) atoms. The molecule has 3 N–H and O–H groups in total. The van der Waals surface area contributed by atoms with Gasteiger partial charge in [0.05, 0.1) is 0 Å². The van der Waals surface area contributed by atoms with Gasteiger partial charge in [0.15, 0.2) is 0 Å². The highest BCUT2D eigenvalue weighted by atomic mass is 15.2. The van der Waals surface area contributed by atoms with Crippen LogP contribution in [0.4, 0.5) is 17.5 Å². The topological polar surface area (TPSA) is 67.1 Å². The number of hydrogen-bond acceptors (Lipinski definition) is 5. The molecule has 1 aromatic heterocycles. The number of anilines is 3. The first-order valence-electron chi connectivity index (χ1n) is 8.00. The van der Waals surface area contributed by atoms with Crippen LogP contribution >= 0.6 is 0 Å². The summed E-state index contributed by atoms with van der Waals surface area (Å²) < 4.78 is 0. The average Bonchev–Trinajstić information content (AvgIpc) is 2.66. The van der Waals surface area contributed by atoms with E-state index in [1.165, 1.54) is 5.56 Å². The van der Waals surface area contributed by atoms with Crippen molar-refractivity contribution in [3.63, 3.8) is 0 Å². The third-order valence-electron chi connectivity index (χ3n) is 3.60. The summed E-state index contributed by atoms with van der Waals surface area (Å²) in [6.07, 6.45) is 1.77. The maximum atomic E-state index is 5.54. The number of hydrogen-bond donors (Lipinski definition) is 2. The Balaban J connectivity index is 1.92. The van der Waals surface area contributed by atoms with Gasteiger partial charge < -0.3 is 16.0 Å². The van der Waals surface area contributed by atoms with E-state index in [4.69, 9.17) is 5.73 Å². The predicted molar refractivity (Wildman–Crippen MR) is 98.3 cm³/mol. The van der Waals surface area contributed by atoms with E-state index in [1.807, 2.05) is 42.5 Å². The molecule has 0 bridgehead atoms. The summed E-state index contributed by atoms with van der Waals surface area (Å²) in [4.78, 5) is 11.1. The molecule has 2 aromatic carbocycles. The first-order valence-corrected chi connectivity index (χ1v) is 8.00. The Hall–Kier alpha value is -2.92. The number of nitrogens with one attached hydrogen (secondary N) is 1. The van der Waals surface area contributed by atoms with Crippen molar-refractivity contribution in [3.05, 3.63) is 78.5 Å². The van der Waals surface area contributed by atoms with Crippen LogP contribution in [0.3, 0.4) is 0 Å². The highest BCUT2D eigenvalue weighted by molar-refractivity contribution is 5.60. The third kappa shape index (κ3) is 4.08. The summed E-state index contributed by atoms with van der Waals surface area (Å²) in [7, 11) is 0. The van der Waals surface area contributed by atoms with Crippen LogP contribution in [-0.2, 0) is 6.54 Å². The van der Waals surface area contributed by atoms with Crippen LogP contribution in [0.5, 0.6) is 0 Å². The molecule has 0 saturated heterocycles. The van der Waals surface area contributed by atoms with Gasteiger partial charge in [0, 0.05) is 31.5 Å². The second kappa shape index (κ2) is 8.08. The normalized spacial score (nSPS) is 10.4. The molecule has 0 radical (unpaired) electrons. The number of rotatable bonds is 7. The molecule has 3 rings (SSSR count). The standard InChI is InChI=1S/C19H21N5/c20-12-14-22-19-21-13-11-18(23-19)24(17-9-5-2-6-10-17)15-16-7-3-1-4-8-16/h1-11,13H,12,14-15,20H2,(H,21,22,23). The molecule has 0 amide bonds. The minimum Gasteiger partial charge on any atom is -0.353 e. The molecule has 0 fully saturated rings. The van der Waals surface area contributed by atoms with Crippen LogP contribution in [0.15, 0.2) is 72.9 Å². The molecule has 0 spiro atoms. The van der Waals surface area contributed by atoms with Gasteiger partial charge in [0.25, 0.3) is 0 Å². The summed E-state index contributed by atoms with van der Waals surface area (Å²) in [6.45, 7) is 1.92. The Kier molecular flexibility index (Phi) is 5.37. The Morgan fingerprint density at radius 2 is 1.62 bits per heavy atom. The minimum absolute atomic E-state index is 0.542. The fourth-order valence-corrected chi connectivity index (χ4v) is 2.45. The fourth-order valence-electron chi connectivity index (χ4n) is 2.45. The molecule has 0 aliphatic rings. The van der Waals surface area contributed by atoms with Gasteiger partial charge >= 0.3 is 0 Å². The fraction of sp³-hybridized carbons (Fsp3) is 0.158. The zero-order valence-corrected chi connectivity index (χ0v) is 13.5. The Bertz CT molecular complexity index is 746. The SMILES string of the molecule is NCCNc1nccc(N(Cc2ccccc2)c2ccccc2)n1. The lowest BCUT2D eigenvalue weighted by atomic mass is 10.2. The molecule has 5 nitrogen and oxygen atoms in total. The lowest BCUT2D eigenvalue weighted by Crippen LogP contribution is -2.19. The van der Waals surface area contributed by atoms with Gasteiger partial charge in [-0.15, -0.1) is 0 Å². The molecule has 0 atom stereocenters. The summed E-state index contributed by atoms with van der Waals surface area (Å²) in [6, 6.07) is 22.5. The van der Waals surface area contributed by atoms with Crippen LogP contribution in [-0.4, -0.2) is 23.1 Å². The van der Waals surface area contributed by atoms with Crippen LogP contribution < -0.4 is 16.0 Å². The molecule has 0 aliphatic heterocycles. The molecular weight excluding hydrogens is 298 g/mol. The van der Waals surface area contributed by atoms with Gasteiger partial charge in [-0.3, -0.25) is 0 Å². The van der Waals surface area contributed by atoms with E-state index in [-0.39, 0.29) is 0 Å². The van der Waals surface area contributed by atoms with Crippen molar-refractivity contribution in [2.75, 3.05) is 23.3 Å². The number of aromatic nitrogens is 2. The summed E-state index contributed by atoms with van der Waals surface area (Å²) in [5, 5.41) is 3.13. The van der Waals surface area contributed by atoms with Gasteiger partial charge in [0.1, 0.15) is 5.82 Å². The molecule has 3 aromatic rings. The van der Waals surface area contributed by atoms with E-state index >= 15 is 0 Å². The molecule has 122 valence electrons. The largest absolute Gasteiger partial charge is 0.353 e. The van der Waals surface area contributed by atoms with E-state index in [2.05, 4.69) is 44.5 Å². The highest BCUT2D eigenvalue weighted by Gasteiger charge is 2.12. The van der Waals surface area contributed by atoms with Crippen molar-refractivity contribution >= 4 is 17.5 Å². The van der Waals surface area contributed by atoms with Gasteiger partial charge in [-0.05, 0) is 23.8 Å². The Morgan fingerprint density at radius 3 is 2.33 bits per heavy atom. The summed E-state index contributed by atoms with van der Waals surface area (Å²) in [5.74, 6) is 1.44. The van der Waals surface area contributed by atoms with E-state index in [0.717, 1.165) is 18.1 Å². The number of para-hydroxylation sites is 1. The molecule has 0 aliphatic carbocycles. The van der Waals surface area contributed by atoms with Gasteiger partial charge in [0.2, 0.25) is 5.95 Å².